The summed E-state index contributed by atoms with van der Waals surface area (Å²) < 4.78 is 8.10. The highest BCUT2D eigenvalue weighted by Crippen LogP contribution is 2.08. The lowest BCUT2D eigenvalue weighted by molar-refractivity contribution is 0.0588. The predicted molar refractivity (Wildman–Crippen MR) is 58.4 cm³/mol. The number of carbonyl (C=O) groups is 1. The summed E-state index contributed by atoms with van der Waals surface area (Å²) in [4.78, 5) is 19.7. The van der Waals surface area contributed by atoms with Crippen LogP contribution < -0.4 is 0 Å². The summed E-state index contributed by atoms with van der Waals surface area (Å²) in [6, 6.07) is 0. The minimum absolute atomic E-state index is 0.409. The first kappa shape index (κ1) is 11.3. The molecule has 0 aliphatic carbocycles. The van der Waals surface area contributed by atoms with Gasteiger partial charge in [0.25, 0.3) is 0 Å². The van der Waals surface area contributed by atoms with Crippen molar-refractivity contribution in [3.8, 4) is 0 Å². The van der Waals surface area contributed by atoms with E-state index < -0.39 is 5.97 Å². The van der Waals surface area contributed by atoms with Gasteiger partial charge in [0.2, 0.25) is 0 Å². The van der Waals surface area contributed by atoms with Gasteiger partial charge in [0, 0.05) is 7.05 Å². The fourth-order valence-corrected chi connectivity index (χ4v) is 1.54. The van der Waals surface area contributed by atoms with Gasteiger partial charge < -0.3 is 9.30 Å². The van der Waals surface area contributed by atoms with Crippen LogP contribution in [0.4, 0.5) is 0 Å². The molecule has 7 nitrogen and oxygen atoms in total. The van der Waals surface area contributed by atoms with Crippen LogP contribution in [0.5, 0.6) is 0 Å². The molecule has 17 heavy (non-hydrogen) atoms. The van der Waals surface area contributed by atoms with Gasteiger partial charge in [0.15, 0.2) is 0 Å². The van der Waals surface area contributed by atoms with Crippen LogP contribution in [-0.4, -0.2) is 37.4 Å². The number of aromatic nitrogens is 5. The average molecular weight is 235 g/mol. The molecule has 0 bridgehead atoms. The van der Waals surface area contributed by atoms with Gasteiger partial charge in [0.05, 0.1) is 19.9 Å². The smallest absolute Gasteiger partial charge is 0.356 e. The molecular formula is C10H13N5O2. The van der Waals surface area contributed by atoms with E-state index in [1.807, 2.05) is 6.92 Å². The number of aryl methyl sites for hydroxylation is 2. The Hall–Kier alpha value is -2.18. The zero-order chi connectivity index (χ0) is 12.4. The third kappa shape index (κ3) is 2.03. The molecule has 0 unspecified atom stereocenters. The number of hydrogen-bond acceptors (Lipinski definition) is 5. The molecule has 0 fully saturated rings. The second kappa shape index (κ2) is 4.36. The average Bonchev–Trinajstić information content (AvgIpc) is 2.87. The number of rotatable bonds is 3. The van der Waals surface area contributed by atoms with E-state index in [1.54, 1.807) is 16.3 Å². The zero-order valence-corrected chi connectivity index (χ0v) is 9.91. The number of imidazole rings is 1. The topological polar surface area (TPSA) is 74.8 Å². The molecule has 2 aromatic heterocycles. The van der Waals surface area contributed by atoms with Crippen LogP contribution in [0.25, 0.3) is 0 Å². The number of ether oxygens (including phenoxy) is 1. The van der Waals surface area contributed by atoms with E-state index in [2.05, 4.69) is 15.1 Å². The summed E-state index contributed by atoms with van der Waals surface area (Å²) in [6.07, 6.45) is 2.97. The van der Waals surface area contributed by atoms with Gasteiger partial charge in [-0.3, -0.25) is 4.68 Å². The second-order valence-corrected chi connectivity index (χ2v) is 3.57. The summed E-state index contributed by atoms with van der Waals surface area (Å²) in [7, 11) is 3.14. The maximum atomic E-state index is 11.5. The quantitative estimate of drug-likeness (QED) is 0.708. The Morgan fingerprint density at radius 3 is 2.82 bits per heavy atom. The summed E-state index contributed by atoms with van der Waals surface area (Å²) in [5, 5.41) is 3.98. The number of methoxy groups -OCH3 is 1. The first-order valence-corrected chi connectivity index (χ1v) is 5.06. The summed E-state index contributed by atoms with van der Waals surface area (Å²) in [5.74, 6) is 1.07. The molecule has 0 N–H and O–H groups in total. The molecule has 90 valence electrons. The van der Waals surface area contributed by atoms with Crippen molar-refractivity contribution in [1.82, 2.24) is 24.3 Å². The van der Waals surface area contributed by atoms with E-state index in [1.165, 1.54) is 19.6 Å². The second-order valence-electron chi connectivity index (χ2n) is 3.57. The maximum absolute atomic E-state index is 11.5. The number of nitrogens with zero attached hydrogens (tertiary/aromatic N) is 5. The van der Waals surface area contributed by atoms with Gasteiger partial charge in [0.1, 0.15) is 23.7 Å². The first-order valence-electron chi connectivity index (χ1n) is 5.06. The van der Waals surface area contributed by atoms with Crippen molar-refractivity contribution in [3.63, 3.8) is 0 Å². The van der Waals surface area contributed by atoms with Gasteiger partial charge >= 0.3 is 5.97 Å². The molecule has 0 saturated heterocycles. The van der Waals surface area contributed by atoms with Crippen LogP contribution >= 0.6 is 0 Å². The molecule has 0 radical (unpaired) electrons. The van der Waals surface area contributed by atoms with Crippen LogP contribution in [0.2, 0.25) is 0 Å². The molecule has 7 heteroatoms. The molecule has 0 atom stereocenters. The van der Waals surface area contributed by atoms with E-state index in [-0.39, 0.29) is 0 Å². The highest BCUT2D eigenvalue weighted by atomic mass is 16.5. The minimum atomic E-state index is -0.409. The lowest BCUT2D eigenvalue weighted by Crippen LogP contribution is -2.15. The van der Waals surface area contributed by atoms with Crippen molar-refractivity contribution in [2.75, 3.05) is 7.11 Å². The van der Waals surface area contributed by atoms with Crippen LogP contribution in [0, 0.1) is 6.92 Å². The predicted octanol–water partition coefficient (Wildman–Crippen LogP) is 0.155. The van der Waals surface area contributed by atoms with Crippen molar-refractivity contribution in [3.05, 3.63) is 29.9 Å². The Balaban J connectivity index is 2.35. The van der Waals surface area contributed by atoms with Crippen molar-refractivity contribution < 1.29 is 9.53 Å². The molecule has 0 aromatic carbocycles. The third-order valence-electron chi connectivity index (χ3n) is 2.55. The molecular weight excluding hydrogens is 222 g/mol. The van der Waals surface area contributed by atoms with Gasteiger partial charge in [-0.25, -0.2) is 14.8 Å². The fourth-order valence-electron chi connectivity index (χ4n) is 1.54. The van der Waals surface area contributed by atoms with E-state index in [9.17, 15) is 4.79 Å². The maximum Gasteiger partial charge on any atom is 0.356 e. The SMILES string of the molecule is COC(=O)c1cnc(C)n1Cc1ncnn1C. The molecule has 2 aromatic rings. The van der Waals surface area contributed by atoms with E-state index in [0.717, 1.165) is 11.6 Å². The number of esters is 1. The highest BCUT2D eigenvalue weighted by Gasteiger charge is 2.16. The highest BCUT2D eigenvalue weighted by molar-refractivity contribution is 5.87. The first-order chi connectivity index (χ1) is 8.13. The molecule has 0 amide bonds. The van der Waals surface area contributed by atoms with Crippen molar-refractivity contribution in [2.24, 2.45) is 7.05 Å². The van der Waals surface area contributed by atoms with E-state index in [4.69, 9.17) is 4.74 Å². The van der Waals surface area contributed by atoms with Crippen molar-refractivity contribution >= 4 is 5.97 Å². The van der Waals surface area contributed by atoms with Crippen LogP contribution in [0.3, 0.4) is 0 Å². The Kier molecular flexibility index (Phi) is 2.90. The van der Waals surface area contributed by atoms with E-state index in [0.29, 0.717) is 12.2 Å². The molecule has 0 saturated carbocycles. The fraction of sp³-hybridized carbons (Fsp3) is 0.400. The Morgan fingerprint density at radius 2 is 2.24 bits per heavy atom. The molecule has 0 aliphatic rings. The summed E-state index contributed by atoms with van der Waals surface area (Å²) >= 11 is 0. The lowest BCUT2D eigenvalue weighted by Gasteiger charge is -2.08. The minimum Gasteiger partial charge on any atom is -0.464 e. The van der Waals surface area contributed by atoms with Crippen LogP contribution in [0.15, 0.2) is 12.5 Å². The number of hydrogen-bond donors (Lipinski definition) is 0. The Morgan fingerprint density at radius 1 is 1.47 bits per heavy atom. The normalized spacial score (nSPS) is 10.5. The molecule has 0 spiro atoms. The van der Waals surface area contributed by atoms with Crippen molar-refractivity contribution in [1.29, 1.82) is 0 Å². The molecule has 2 heterocycles. The Labute approximate surface area is 98.1 Å². The molecule has 0 aliphatic heterocycles. The van der Waals surface area contributed by atoms with Gasteiger partial charge in [-0.2, -0.15) is 5.10 Å². The zero-order valence-electron chi connectivity index (χ0n) is 9.91. The van der Waals surface area contributed by atoms with E-state index >= 15 is 0 Å². The lowest BCUT2D eigenvalue weighted by atomic mass is 10.4. The third-order valence-corrected chi connectivity index (χ3v) is 2.55. The Bertz CT molecular complexity index is 543. The monoisotopic (exact) mass is 235 g/mol. The largest absolute Gasteiger partial charge is 0.464 e. The molecule has 2 rings (SSSR count). The summed E-state index contributed by atoms with van der Waals surface area (Å²) in [6.45, 7) is 2.26. The van der Waals surface area contributed by atoms with Crippen molar-refractivity contribution in [2.45, 2.75) is 13.5 Å². The van der Waals surface area contributed by atoms with Gasteiger partial charge in [-0.05, 0) is 6.92 Å². The standard InChI is InChI=1S/C10H13N5O2/c1-7-11-4-8(10(16)17-3)15(7)5-9-12-6-13-14(9)2/h4,6H,5H2,1-3H3. The van der Waals surface area contributed by atoms with Crippen LogP contribution in [-0.2, 0) is 18.3 Å². The van der Waals surface area contributed by atoms with Crippen LogP contribution in [0.1, 0.15) is 22.1 Å². The number of carbonyl (C=O) groups excluding carboxylic acids is 1. The summed E-state index contributed by atoms with van der Waals surface area (Å²) in [5.41, 5.74) is 0.410. The van der Waals surface area contributed by atoms with Gasteiger partial charge in [-0.1, -0.05) is 0 Å². The van der Waals surface area contributed by atoms with Gasteiger partial charge in [-0.15, -0.1) is 0 Å².